The van der Waals surface area contributed by atoms with Crippen LogP contribution in [0.15, 0.2) is 77.7 Å². The number of nitrogens with one attached hydrogen (secondary N) is 2. The van der Waals surface area contributed by atoms with Crippen LogP contribution in [0.25, 0.3) is 0 Å². The van der Waals surface area contributed by atoms with E-state index in [9.17, 15) is 17.6 Å². The van der Waals surface area contributed by atoms with Crippen LogP contribution in [-0.4, -0.2) is 39.6 Å². The Hall–Kier alpha value is -3.43. The summed E-state index contributed by atoms with van der Waals surface area (Å²) in [5.74, 6) is -0.733. The fourth-order valence-electron chi connectivity index (χ4n) is 4.08. The van der Waals surface area contributed by atoms with E-state index in [0.29, 0.717) is 35.6 Å². The van der Waals surface area contributed by atoms with E-state index in [1.165, 1.54) is 30.3 Å². The van der Waals surface area contributed by atoms with Gasteiger partial charge in [-0.1, -0.05) is 24.3 Å². The summed E-state index contributed by atoms with van der Waals surface area (Å²) in [4.78, 5) is 14.6. The molecule has 2 N–H and O–H groups in total. The van der Waals surface area contributed by atoms with Crippen molar-refractivity contribution in [2.45, 2.75) is 37.5 Å². The molecule has 1 fully saturated rings. The van der Waals surface area contributed by atoms with Gasteiger partial charge in [-0.15, -0.1) is 0 Å². The first kappa shape index (κ1) is 24.7. The normalized spacial score (nSPS) is 18.2. The summed E-state index contributed by atoms with van der Waals surface area (Å²) < 4.78 is 48.1. The molecule has 3 aromatic rings. The number of hydrogen-bond donors (Lipinski definition) is 2. The largest absolute Gasteiger partial charge is 0.372 e. The van der Waals surface area contributed by atoms with E-state index >= 15 is 0 Å². The number of para-hydroxylation sites is 1. The summed E-state index contributed by atoms with van der Waals surface area (Å²) in [6.07, 6.45) is 0.0419. The van der Waals surface area contributed by atoms with E-state index in [-0.39, 0.29) is 35.4 Å². The molecule has 2 unspecified atom stereocenters. The third kappa shape index (κ3) is 6.17. The molecule has 35 heavy (non-hydrogen) atoms. The number of sulfonamides is 1. The summed E-state index contributed by atoms with van der Waals surface area (Å²) in [5.41, 5.74) is 1.89. The molecule has 1 aliphatic heterocycles. The van der Waals surface area contributed by atoms with Crippen molar-refractivity contribution in [3.8, 4) is 0 Å². The Morgan fingerprint density at radius 2 is 1.66 bits per heavy atom. The number of halogens is 1. The molecular formula is C26H28FN3O4S. The summed E-state index contributed by atoms with van der Waals surface area (Å²) in [6.45, 7) is 5.30. The quantitative estimate of drug-likeness (QED) is 0.512. The van der Waals surface area contributed by atoms with Crippen molar-refractivity contribution in [3.63, 3.8) is 0 Å². The van der Waals surface area contributed by atoms with Gasteiger partial charge in [-0.25, -0.2) is 12.8 Å². The molecule has 1 heterocycles. The Labute approximate surface area is 205 Å². The Balaban J connectivity index is 1.36. The van der Waals surface area contributed by atoms with Gasteiger partial charge in [-0.3, -0.25) is 9.52 Å². The van der Waals surface area contributed by atoms with E-state index in [1.54, 1.807) is 42.5 Å². The lowest BCUT2D eigenvalue weighted by Crippen LogP contribution is -2.45. The Morgan fingerprint density at radius 3 is 2.29 bits per heavy atom. The van der Waals surface area contributed by atoms with Gasteiger partial charge in [0.2, 0.25) is 0 Å². The molecule has 3 aromatic carbocycles. The first-order chi connectivity index (χ1) is 16.7. The van der Waals surface area contributed by atoms with Gasteiger partial charge in [0.25, 0.3) is 15.9 Å². The van der Waals surface area contributed by atoms with Crippen LogP contribution in [0.1, 0.15) is 29.8 Å². The smallest absolute Gasteiger partial charge is 0.261 e. The maximum atomic E-state index is 14.8. The third-order valence-corrected chi connectivity index (χ3v) is 7.08. The zero-order chi connectivity index (χ0) is 25.0. The first-order valence-electron chi connectivity index (χ1n) is 11.4. The molecule has 2 atom stereocenters. The number of nitrogens with zero attached hydrogens (tertiary/aromatic N) is 1. The molecule has 1 aliphatic rings. The molecule has 9 heteroatoms. The topological polar surface area (TPSA) is 87.7 Å². The van der Waals surface area contributed by atoms with Crippen LogP contribution in [0.2, 0.25) is 0 Å². The minimum Gasteiger partial charge on any atom is -0.372 e. The van der Waals surface area contributed by atoms with Crippen LogP contribution in [0.5, 0.6) is 0 Å². The number of morpholine rings is 1. The highest BCUT2D eigenvalue weighted by Crippen LogP contribution is 2.24. The van der Waals surface area contributed by atoms with E-state index in [4.69, 9.17) is 4.74 Å². The monoisotopic (exact) mass is 497 g/mol. The van der Waals surface area contributed by atoms with Gasteiger partial charge in [0.1, 0.15) is 5.82 Å². The number of benzene rings is 3. The molecular weight excluding hydrogens is 469 g/mol. The predicted octanol–water partition coefficient (Wildman–Crippen LogP) is 4.17. The lowest BCUT2D eigenvalue weighted by atomic mass is 10.1. The number of carbonyl (C=O) groups excluding carboxylic acids is 1. The highest BCUT2D eigenvalue weighted by molar-refractivity contribution is 7.92. The zero-order valence-electron chi connectivity index (χ0n) is 19.6. The van der Waals surface area contributed by atoms with E-state index in [0.717, 1.165) is 0 Å². The molecule has 0 aliphatic carbocycles. The van der Waals surface area contributed by atoms with Crippen molar-refractivity contribution in [3.05, 3.63) is 89.7 Å². The summed E-state index contributed by atoms with van der Waals surface area (Å²) >= 11 is 0. The highest BCUT2D eigenvalue weighted by atomic mass is 32.2. The second-order valence-corrected chi connectivity index (χ2v) is 10.3. The summed E-state index contributed by atoms with van der Waals surface area (Å²) in [6, 6.07) is 19.1. The maximum absolute atomic E-state index is 14.8. The second kappa shape index (κ2) is 10.5. The molecule has 0 aromatic heterocycles. The molecule has 0 radical (unpaired) electrons. The number of anilines is 2. The van der Waals surface area contributed by atoms with E-state index in [1.807, 2.05) is 18.7 Å². The van der Waals surface area contributed by atoms with Crippen LogP contribution in [-0.2, 0) is 21.3 Å². The molecule has 1 amide bonds. The molecule has 1 saturated heterocycles. The summed E-state index contributed by atoms with van der Waals surface area (Å²) in [7, 11) is -3.77. The van der Waals surface area contributed by atoms with E-state index < -0.39 is 10.0 Å². The SMILES string of the molecule is CC1CN(c2ccc(CNC(=O)c3ccc(S(=O)(=O)Nc4ccccc4)cc3)cc2F)CC(C)O1. The Bertz CT molecular complexity index is 1270. The van der Waals surface area contributed by atoms with Gasteiger partial charge in [-0.2, -0.15) is 0 Å². The maximum Gasteiger partial charge on any atom is 0.261 e. The van der Waals surface area contributed by atoms with Crippen LogP contribution < -0.4 is 14.9 Å². The van der Waals surface area contributed by atoms with E-state index in [2.05, 4.69) is 10.0 Å². The molecule has 184 valence electrons. The van der Waals surface area contributed by atoms with Crippen molar-refractivity contribution >= 4 is 27.3 Å². The number of carbonyl (C=O) groups is 1. The fraction of sp³-hybridized carbons (Fsp3) is 0.269. The van der Waals surface area contributed by atoms with Crippen molar-refractivity contribution in [2.24, 2.45) is 0 Å². The number of ether oxygens (including phenoxy) is 1. The Kier molecular flexibility index (Phi) is 7.37. The molecule has 0 spiro atoms. The van der Waals surface area contributed by atoms with Gasteiger partial charge in [0.15, 0.2) is 0 Å². The fourth-order valence-corrected chi connectivity index (χ4v) is 5.14. The number of rotatable bonds is 7. The van der Waals surface area contributed by atoms with Gasteiger partial charge >= 0.3 is 0 Å². The minimum absolute atomic E-state index is 0.0209. The van der Waals surface area contributed by atoms with Crippen LogP contribution in [0, 0.1) is 5.82 Å². The van der Waals surface area contributed by atoms with Crippen molar-refractivity contribution in [2.75, 3.05) is 22.7 Å². The molecule has 4 rings (SSSR count). The van der Waals surface area contributed by atoms with Crippen molar-refractivity contribution in [1.82, 2.24) is 5.32 Å². The Morgan fingerprint density at radius 1 is 1.00 bits per heavy atom. The molecule has 7 nitrogen and oxygen atoms in total. The average Bonchev–Trinajstić information content (AvgIpc) is 2.82. The molecule has 0 bridgehead atoms. The second-order valence-electron chi connectivity index (χ2n) is 8.63. The van der Waals surface area contributed by atoms with Crippen LogP contribution in [0.3, 0.4) is 0 Å². The lowest BCUT2D eigenvalue weighted by Gasteiger charge is -2.37. The predicted molar refractivity (Wildman–Crippen MR) is 133 cm³/mol. The zero-order valence-corrected chi connectivity index (χ0v) is 20.4. The van der Waals surface area contributed by atoms with Gasteiger partial charge in [0, 0.05) is 30.9 Å². The standard InChI is InChI=1S/C26H28FN3O4S/c1-18-16-30(17-19(2)34-18)25-13-8-20(14-24(25)27)15-28-26(31)21-9-11-23(12-10-21)35(32,33)29-22-6-4-3-5-7-22/h3-14,18-19,29H,15-17H2,1-2H3,(H,28,31). The third-order valence-electron chi connectivity index (χ3n) is 5.68. The number of hydrogen-bond acceptors (Lipinski definition) is 5. The number of amides is 1. The average molecular weight is 498 g/mol. The van der Waals surface area contributed by atoms with Gasteiger partial charge in [0.05, 0.1) is 22.8 Å². The van der Waals surface area contributed by atoms with Gasteiger partial charge in [-0.05, 0) is 67.9 Å². The highest BCUT2D eigenvalue weighted by Gasteiger charge is 2.24. The molecule has 0 saturated carbocycles. The first-order valence-corrected chi connectivity index (χ1v) is 12.8. The van der Waals surface area contributed by atoms with Crippen molar-refractivity contribution < 1.29 is 22.3 Å². The summed E-state index contributed by atoms with van der Waals surface area (Å²) in [5, 5.41) is 2.75. The van der Waals surface area contributed by atoms with Crippen LogP contribution in [0.4, 0.5) is 15.8 Å². The van der Waals surface area contributed by atoms with Gasteiger partial charge < -0.3 is 15.0 Å². The lowest BCUT2D eigenvalue weighted by molar-refractivity contribution is -0.00539. The van der Waals surface area contributed by atoms with Crippen molar-refractivity contribution in [1.29, 1.82) is 0 Å². The minimum atomic E-state index is -3.77. The van der Waals surface area contributed by atoms with Crippen LogP contribution >= 0.6 is 0 Å².